The fourth-order valence-corrected chi connectivity index (χ4v) is 2.03. The molecule has 0 atom stereocenters. The van der Waals surface area contributed by atoms with Crippen LogP contribution in [0.5, 0.6) is 0 Å². The van der Waals surface area contributed by atoms with Gasteiger partial charge in [0.25, 0.3) is 5.69 Å². The molecule has 0 spiro atoms. The Balaban J connectivity index is 1.91. The first-order valence-electron chi connectivity index (χ1n) is 6.96. The summed E-state index contributed by atoms with van der Waals surface area (Å²) in [7, 11) is 0. The first-order valence-corrected chi connectivity index (χ1v) is 6.96. The zero-order valence-electron chi connectivity index (χ0n) is 12.2. The molecule has 2 N–H and O–H groups in total. The molecule has 2 aromatic rings. The Kier molecular flexibility index (Phi) is 5.08. The van der Waals surface area contributed by atoms with Crippen LogP contribution in [0.25, 0.3) is 0 Å². The van der Waals surface area contributed by atoms with E-state index >= 15 is 0 Å². The number of nitro benzene ring substituents is 1. The molecule has 2 aromatic carbocycles. The second kappa shape index (κ2) is 7.21. The highest BCUT2D eigenvalue weighted by molar-refractivity contribution is 5.94. The van der Waals surface area contributed by atoms with E-state index in [9.17, 15) is 14.9 Å². The molecular formula is C16H17N3O3. The molecule has 0 saturated carbocycles. The lowest BCUT2D eigenvalue weighted by atomic mass is 10.1. The number of aryl methyl sites for hydroxylation is 1. The molecule has 6 heteroatoms. The first kappa shape index (κ1) is 15.5. The van der Waals surface area contributed by atoms with Gasteiger partial charge in [0.1, 0.15) is 0 Å². The number of carbonyl (C=O) groups is 1. The number of nitro groups is 1. The lowest BCUT2D eigenvalue weighted by molar-refractivity contribution is -0.384. The third-order valence-electron chi connectivity index (χ3n) is 3.20. The number of nitrogens with one attached hydrogen (secondary N) is 2. The Labute approximate surface area is 128 Å². The van der Waals surface area contributed by atoms with Crippen molar-refractivity contribution in [2.75, 3.05) is 17.2 Å². The van der Waals surface area contributed by atoms with E-state index in [2.05, 4.69) is 10.6 Å². The van der Waals surface area contributed by atoms with E-state index in [4.69, 9.17) is 0 Å². The van der Waals surface area contributed by atoms with E-state index in [1.165, 1.54) is 12.1 Å². The summed E-state index contributed by atoms with van der Waals surface area (Å²) in [5.74, 6) is -0.167. The lowest BCUT2D eigenvalue weighted by Crippen LogP contribution is -2.22. The average molecular weight is 299 g/mol. The van der Waals surface area contributed by atoms with Gasteiger partial charge in [-0.3, -0.25) is 14.9 Å². The molecule has 0 aliphatic carbocycles. The maximum atomic E-state index is 11.9. The van der Waals surface area contributed by atoms with E-state index in [1.54, 1.807) is 12.1 Å². The number of hydrogen-bond acceptors (Lipinski definition) is 4. The third kappa shape index (κ3) is 4.05. The van der Waals surface area contributed by atoms with Crippen molar-refractivity contribution in [3.8, 4) is 0 Å². The summed E-state index contributed by atoms with van der Waals surface area (Å²) < 4.78 is 0. The zero-order valence-corrected chi connectivity index (χ0v) is 12.2. The maximum Gasteiger partial charge on any atom is 0.269 e. The molecule has 0 bridgehead atoms. The van der Waals surface area contributed by atoms with E-state index < -0.39 is 4.92 Å². The van der Waals surface area contributed by atoms with Crippen LogP contribution < -0.4 is 10.6 Å². The topological polar surface area (TPSA) is 84.3 Å². The number of amides is 1. The van der Waals surface area contributed by atoms with E-state index in [-0.39, 0.29) is 18.1 Å². The van der Waals surface area contributed by atoms with Gasteiger partial charge in [-0.2, -0.15) is 0 Å². The summed E-state index contributed by atoms with van der Waals surface area (Å²) in [5, 5.41) is 16.3. The molecule has 22 heavy (non-hydrogen) atoms. The van der Waals surface area contributed by atoms with Gasteiger partial charge in [0.15, 0.2) is 0 Å². The summed E-state index contributed by atoms with van der Waals surface area (Å²) in [6.45, 7) is 2.12. The molecular weight excluding hydrogens is 282 g/mol. The number of carbonyl (C=O) groups excluding carboxylic acids is 1. The highest BCUT2D eigenvalue weighted by atomic mass is 16.6. The maximum absolute atomic E-state index is 11.9. The molecule has 0 aliphatic heterocycles. The van der Waals surface area contributed by atoms with Crippen molar-refractivity contribution in [2.45, 2.75) is 13.3 Å². The molecule has 2 rings (SSSR count). The van der Waals surface area contributed by atoms with Gasteiger partial charge in [0.2, 0.25) is 5.91 Å². The number of nitrogens with zero attached hydrogens (tertiary/aromatic N) is 1. The minimum atomic E-state index is -0.460. The van der Waals surface area contributed by atoms with Crippen LogP contribution in [0.3, 0.4) is 0 Å². The normalized spacial score (nSPS) is 10.0. The van der Waals surface area contributed by atoms with Crippen LogP contribution in [0.4, 0.5) is 17.1 Å². The highest BCUT2D eigenvalue weighted by Gasteiger charge is 2.07. The minimum Gasteiger partial charge on any atom is -0.376 e. The molecule has 0 saturated heterocycles. The Morgan fingerprint density at radius 2 is 1.82 bits per heavy atom. The van der Waals surface area contributed by atoms with E-state index in [0.29, 0.717) is 5.69 Å². The smallest absolute Gasteiger partial charge is 0.269 e. The second-order valence-electron chi connectivity index (χ2n) is 4.72. The van der Waals surface area contributed by atoms with Crippen LogP contribution in [0.1, 0.15) is 12.5 Å². The molecule has 0 fully saturated rings. The standard InChI is InChI=1S/C16H17N3O3/c1-2-12-5-3-4-6-15(12)18-16(20)11-17-13-7-9-14(10-8-13)19(21)22/h3-10,17H,2,11H2,1H3,(H,18,20). The van der Waals surface area contributed by atoms with Crippen LogP contribution >= 0.6 is 0 Å². The van der Waals surface area contributed by atoms with E-state index in [0.717, 1.165) is 17.7 Å². The largest absolute Gasteiger partial charge is 0.376 e. The Hall–Kier alpha value is -2.89. The van der Waals surface area contributed by atoms with Crippen molar-refractivity contribution in [3.63, 3.8) is 0 Å². The molecule has 0 aliphatic rings. The molecule has 0 heterocycles. The van der Waals surface area contributed by atoms with E-state index in [1.807, 2.05) is 31.2 Å². The highest BCUT2D eigenvalue weighted by Crippen LogP contribution is 2.16. The summed E-state index contributed by atoms with van der Waals surface area (Å²) in [6.07, 6.45) is 0.840. The number of anilines is 2. The van der Waals surface area contributed by atoms with Crippen LogP contribution in [-0.2, 0) is 11.2 Å². The van der Waals surface area contributed by atoms with Crippen molar-refractivity contribution >= 4 is 23.0 Å². The van der Waals surface area contributed by atoms with Crippen molar-refractivity contribution in [1.29, 1.82) is 0 Å². The SMILES string of the molecule is CCc1ccccc1NC(=O)CNc1ccc([N+](=O)[O-])cc1. The van der Waals surface area contributed by atoms with Crippen molar-refractivity contribution in [1.82, 2.24) is 0 Å². The predicted molar refractivity (Wildman–Crippen MR) is 86.0 cm³/mol. The van der Waals surface area contributed by atoms with Gasteiger partial charge in [-0.25, -0.2) is 0 Å². The van der Waals surface area contributed by atoms with Crippen LogP contribution in [0, 0.1) is 10.1 Å². The van der Waals surface area contributed by atoms with Gasteiger partial charge in [-0.05, 0) is 30.2 Å². The Morgan fingerprint density at radius 1 is 1.14 bits per heavy atom. The van der Waals surface area contributed by atoms with Crippen LogP contribution in [0.2, 0.25) is 0 Å². The van der Waals surface area contributed by atoms with Crippen LogP contribution in [-0.4, -0.2) is 17.4 Å². The molecule has 1 amide bonds. The summed E-state index contributed by atoms with van der Waals surface area (Å²) >= 11 is 0. The fraction of sp³-hybridized carbons (Fsp3) is 0.188. The lowest BCUT2D eigenvalue weighted by Gasteiger charge is -2.10. The number of non-ortho nitro benzene ring substituents is 1. The average Bonchev–Trinajstić information content (AvgIpc) is 2.54. The Morgan fingerprint density at radius 3 is 2.45 bits per heavy atom. The predicted octanol–water partition coefficient (Wildman–Crippen LogP) is 3.21. The quantitative estimate of drug-likeness (QED) is 0.633. The first-order chi connectivity index (χ1) is 10.6. The van der Waals surface area contributed by atoms with Gasteiger partial charge in [0.05, 0.1) is 11.5 Å². The monoisotopic (exact) mass is 299 g/mol. The number of para-hydroxylation sites is 1. The number of rotatable bonds is 6. The van der Waals surface area contributed by atoms with Gasteiger partial charge in [0, 0.05) is 23.5 Å². The van der Waals surface area contributed by atoms with Crippen molar-refractivity contribution < 1.29 is 9.72 Å². The van der Waals surface area contributed by atoms with Crippen molar-refractivity contribution in [2.24, 2.45) is 0 Å². The molecule has 0 unspecified atom stereocenters. The Bertz CT molecular complexity index is 669. The number of hydrogen-bond donors (Lipinski definition) is 2. The van der Waals surface area contributed by atoms with Gasteiger partial charge >= 0.3 is 0 Å². The van der Waals surface area contributed by atoms with Gasteiger partial charge in [-0.15, -0.1) is 0 Å². The van der Waals surface area contributed by atoms with Gasteiger partial charge in [-0.1, -0.05) is 25.1 Å². The minimum absolute atomic E-state index is 0.0203. The van der Waals surface area contributed by atoms with Crippen molar-refractivity contribution in [3.05, 3.63) is 64.2 Å². The fourth-order valence-electron chi connectivity index (χ4n) is 2.03. The third-order valence-corrected chi connectivity index (χ3v) is 3.20. The molecule has 114 valence electrons. The van der Waals surface area contributed by atoms with Crippen LogP contribution in [0.15, 0.2) is 48.5 Å². The molecule has 6 nitrogen and oxygen atoms in total. The van der Waals surface area contributed by atoms with Gasteiger partial charge < -0.3 is 10.6 Å². The summed E-state index contributed by atoms with van der Waals surface area (Å²) in [5.41, 5.74) is 2.56. The summed E-state index contributed by atoms with van der Waals surface area (Å²) in [6, 6.07) is 13.6. The summed E-state index contributed by atoms with van der Waals surface area (Å²) in [4.78, 5) is 22.1. The zero-order chi connectivity index (χ0) is 15.9. The molecule has 0 aromatic heterocycles. The number of benzene rings is 2. The second-order valence-corrected chi connectivity index (χ2v) is 4.72. The molecule has 0 radical (unpaired) electrons.